The summed E-state index contributed by atoms with van der Waals surface area (Å²) < 4.78 is 5.61. The van der Waals surface area contributed by atoms with Crippen molar-refractivity contribution in [2.24, 2.45) is 5.92 Å². The van der Waals surface area contributed by atoms with Gasteiger partial charge in [-0.15, -0.1) is 0 Å². The third-order valence-corrected chi connectivity index (χ3v) is 5.57. The molecule has 1 amide bonds. The number of hydrogen-bond donors (Lipinski definition) is 1. The number of furan rings is 1. The Bertz CT molecular complexity index is 1220. The van der Waals surface area contributed by atoms with Crippen LogP contribution in [0.15, 0.2) is 71.3 Å². The quantitative estimate of drug-likeness (QED) is 0.345. The first kappa shape index (κ1) is 22.8. The number of carbonyl (C=O) groups excluding carboxylic acids is 1. The van der Waals surface area contributed by atoms with Gasteiger partial charge in [-0.05, 0) is 42.3 Å². The van der Waals surface area contributed by atoms with E-state index >= 15 is 0 Å². The normalized spacial score (nSPS) is 11.2. The van der Waals surface area contributed by atoms with Crippen molar-refractivity contribution in [1.82, 2.24) is 15.3 Å². The molecule has 0 aliphatic heterocycles. The molecule has 2 heterocycles. The molecule has 0 unspecified atom stereocenters. The number of amides is 1. The van der Waals surface area contributed by atoms with Crippen molar-refractivity contribution in [2.45, 2.75) is 26.8 Å². The second-order valence-electron chi connectivity index (χ2n) is 8.32. The van der Waals surface area contributed by atoms with E-state index in [1.54, 1.807) is 6.26 Å². The minimum absolute atomic E-state index is 0.0119. The van der Waals surface area contributed by atoms with Crippen molar-refractivity contribution in [1.29, 1.82) is 0 Å². The van der Waals surface area contributed by atoms with Gasteiger partial charge < -0.3 is 14.6 Å². The number of aromatic nitrogens is 2. The molecule has 0 aliphatic carbocycles. The van der Waals surface area contributed by atoms with Crippen molar-refractivity contribution in [3.05, 3.63) is 77.7 Å². The lowest BCUT2D eigenvalue weighted by Crippen LogP contribution is -2.33. The van der Waals surface area contributed by atoms with E-state index in [4.69, 9.17) is 26.0 Å². The Morgan fingerprint density at radius 1 is 1.06 bits per heavy atom. The van der Waals surface area contributed by atoms with E-state index in [0.717, 1.165) is 28.0 Å². The molecule has 2 aromatic carbocycles. The van der Waals surface area contributed by atoms with Crippen LogP contribution in [0, 0.1) is 5.92 Å². The summed E-state index contributed by atoms with van der Waals surface area (Å²) in [5, 5.41) is 4.48. The molecule has 33 heavy (non-hydrogen) atoms. The summed E-state index contributed by atoms with van der Waals surface area (Å²) in [7, 11) is 0. The maximum Gasteiger partial charge on any atom is 0.221 e. The summed E-state index contributed by atoms with van der Waals surface area (Å²) in [6.45, 7) is 5.77. The second kappa shape index (κ2) is 10.5. The molecule has 0 atom stereocenters. The molecule has 0 spiro atoms. The van der Waals surface area contributed by atoms with E-state index in [1.807, 2.05) is 60.7 Å². The summed E-state index contributed by atoms with van der Waals surface area (Å²) in [5.74, 6) is 2.49. The average molecular weight is 463 g/mol. The fourth-order valence-electron chi connectivity index (χ4n) is 3.56. The highest BCUT2D eigenvalue weighted by Crippen LogP contribution is 2.31. The maximum atomic E-state index is 12.5. The standard InChI is InChI=1S/C26H27ClN4O2/c1-18(2)16-28-24(32)13-14-31(17-19-8-7-15-33-19)26-21-10-4-6-12-23(21)29-25(30-26)20-9-3-5-11-22(20)27/h3-12,15,18H,13-14,16-17H2,1-2H3,(H,28,32). The smallest absolute Gasteiger partial charge is 0.221 e. The molecule has 0 aliphatic rings. The Hall–Kier alpha value is -3.38. The number of para-hydroxylation sites is 1. The third-order valence-electron chi connectivity index (χ3n) is 5.24. The van der Waals surface area contributed by atoms with Gasteiger partial charge in [-0.1, -0.05) is 49.7 Å². The van der Waals surface area contributed by atoms with Crippen LogP contribution in [0.3, 0.4) is 0 Å². The van der Waals surface area contributed by atoms with E-state index in [-0.39, 0.29) is 5.91 Å². The minimum atomic E-state index is 0.0119. The topological polar surface area (TPSA) is 71.3 Å². The van der Waals surface area contributed by atoms with Gasteiger partial charge >= 0.3 is 0 Å². The fraction of sp³-hybridized carbons (Fsp3) is 0.269. The number of nitrogens with zero attached hydrogens (tertiary/aromatic N) is 3. The van der Waals surface area contributed by atoms with Gasteiger partial charge in [0.15, 0.2) is 5.82 Å². The van der Waals surface area contributed by atoms with Crippen LogP contribution < -0.4 is 10.2 Å². The van der Waals surface area contributed by atoms with E-state index < -0.39 is 0 Å². The fourth-order valence-corrected chi connectivity index (χ4v) is 3.78. The zero-order valence-corrected chi connectivity index (χ0v) is 19.5. The molecule has 170 valence electrons. The number of rotatable bonds is 9. The zero-order chi connectivity index (χ0) is 23.2. The van der Waals surface area contributed by atoms with E-state index in [0.29, 0.717) is 42.8 Å². The van der Waals surface area contributed by atoms with Crippen LogP contribution in [-0.4, -0.2) is 29.0 Å². The molecule has 4 aromatic rings. The minimum Gasteiger partial charge on any atom is -0.467 e. The van der Waals surface area contributed by atoms with Gasteiger partial charge in [0.1, 0.15) is 11.6 Å². The van der Waals surface area contributed by atoms with Crippen molar-refractivity contribution in [3.63, 3.8) is 0 Å². The first-order valence-electron chi connectivity index (χ1n) is 11.1. The van der Waals surface area contributed by atoms with Gasteiger partial charge in [0, 0.05) is 30.5 Å². The molecule has 7 heteroatoms. The van der Waals surface area contributed by atoms with Crippen molar-refractivity contribution in [3.8, 4) is 11.4 Å². The number of nitrogens with one attached hydrogen (secondary N) is 1. The average Bonchev–Trinajstić information content (AvgIpc) is 3.33. The molecule has 0 saturated heterocycles. The van der Waals surface area contributed by atoms with Crippen LogP contribution in [0.25, 0.3) is 22.3 Å². The van der Waals surface area contributed by atoms with Crippen LogP contribution in [0.2, 0.25) is 5.02 Å². The number of carbonyl (C=O) groups is 1. The Kier molecular flexibility index (Phi) is 7.25. The van der Waals surface area contributed by atoms with E-state index in [9.17, 15) is 4.79 Å². The number of benzene rings is 2. The van der Waals surface area contributed by atoms with Crippen LogP contribution in [-0.2, 0) is 11.3 Å². The molecule has 0 saturated carbocycles. The van der Waals surface area contributed by atoms with Crippen molar-refractivity contribution in [2.75, 3.05) is 18.0 Å². The molecule has 1 N–H and O–H groups in total. The SMILES string of the molecule is CC(C)CNC(=O)CCN(Cc1ccco1)c1nc(-c2ccccc2Cl)nc2ccccc12. The maximum absolute atomic E-state index is 12.5. The van der Waals surface area contributed by atoms with E-state index in [2.05, 4.69) is 24.1 Å². The van der Waals surface area contributed by atoms with Gasteiger partial charge in [-0.2, -0.15) is 0 Å². The van der Waals surface area contributed by atoms with Gasteiger partial charge in [0.25, 0.3) is 0 Å². The highest BCUT2D eigenvalue weighted by atomic mass is 35.5. The summed E-state index contributed by atoms with van der Waals surface area (Å²) in [4.78, 5) is 24.2. The van der Waals surface area contributed by atoms with E-state index in [1.165, 1.54) is 0 Å². The van der Waals surface area contributed by atoms with Crippen LogP contribution >= 0.6 is 11.6 Å². The summed E-state index contributed by atoms with van der Waals surface area (Å²) in [5.41, 5.74) is 1.57. The molecular formula is C26H27ClN4O2. The van der Waals surface area contributed by atoms with Crippen molar-refractivity contribution < 1.29 is 9.21 Å². The number of fused-ring (bicyclic) bond motifs is 1. The lowest BCUT2D eigenvalue weighted by molar-refractivity contribution is -0.121. The highest BCUT2D eigenvalue weighted by Gasteiger charge is 2.19. The number of hydrogen-bond acceptors (Lipinski definition) is 5. The Morgan fingerprint density at radius 2 is 1.85 bits per heavy atom. The van der Waals surface area contributed by atoms with Crippen LogP contribution in [0.4, 0.5) is 5.82 Å². The first-order valence-corrected chi connectivity index (χ1v) is 11.4. The summed E-state index contributed by atoms with van der Waals surface area (Å²) in [6, 6.07) is 19.2. The van der Waals surface area contributed by atoms with Crippen LogP contribution in [0.1, 0.15) is 26.0 Å². The molecule has 2 aromatic heterocycles. The predicted octanol–water partition coefficient (Wildman–Crippen LogP) is 5.71. The highest BCUT2D eigenvalue weighted by molar-refractivity contribution is 6.33. The van der Waals surface area contributed by atoms with Crippen molar-refractivity contribution >= 4 is 34.2 Å². The van der Waals surface area contributed by atoms with Gasteiger partial charge in [-0.25, -0.2) is 9.97 Å². The Labute approximate surface area is 198 Å². The molecule has 6 nitrogen and oxygen atoms in total. The van der Waals surface area contributed by atoms with Gasteiger partial charge in [0.05, 0.1) is 23.3 Å². The van der Waals surface area contributed by atoms with Gasteiger partial charge in [0.2, 0.25) is 5.91 Å². The zero-order valence-electron chi connectivity index (χ0n) is 18.8. The first-order chi connectivity index (χ1) is 16.0. The van der Waals surface area contributed by atoms with Crippen LogP contribution in [0.5, 0.6) is 0 Å². The monoisotopic (exact) mass is 462 g/mol. The molecule has 0 fully saturated rings. The van der Waals surface area contributed by atoms with Gasteiger partial charge in [-0.3, -0.25) is 4.79 Å². The number of halogens is 1. The third kappa shape index (κ3) is 5.71. The second-order valence-corrected chi connectivity index (χ2v) is 8.72. The molecule has 4 rings (SSSR count). The summed E-state index contributed by atoms with van der Waals surface area (Å²) >= 11 is 6.46. The lowest BCUT2D eigenvalue weighted by Gasteiger charge is -2.24. The molecular weight excluding hydrogens is 436 g/mol. The lowest BCUT2D eigenvalue weighted by atomic mass is 10.1. The Balaban J connectivity index is 1.73. The Morgan fingerprint density at radius 3 is 2.61 bits per heavy atom. The largest absolute Gasteiger partial charge is 0.467 e. The molecule has 0 radical (unpaired) electrons. The number of anilines is 1. The summed E-state index contributed by atoms with van der Waals surface area (Å²) in [6.07, 6.45) is 1.99. The predicted molar refractivity (Wildman–Crippen MR) is 132 cm³/mol. The molecule has 0 bridgehead atoms.